The van der Waals surface area contributed by atoms with Crippen LogP contribution in [0.2, 0.25) is 0 Å². The minimum atomic E-state index is -0.622. The van der Waals surface area contributed by atoms with Gasteiger partial charge in [0.15, 0.2) is 5.78 Å². The van der Waals surface area contributed by atoms with Crippen molar-refractivity contribution in [1.29, 1.82) is 0 Å². The summed E-state index contributed by atoms with van der Waals surface area (Å²) in [5, 5.41) is 5.36. The van der Waals surface area contributed by atoms with Crippen LogP contribution >= 0.6 is 0 Å². The number of carbonyl (C=O) groups excluding carboxylic acids is 3. The zero-order valence-corrected chi connectivity index (χ0v) is 13.7. The number of Topliss-reactive ketones (excluding diaryl/α,β-unsaturated/α-hetero) is 1. The van der Waals surface area contributed by atoms with Crippen LogP contribution in [0.3, 0.4) is 0 Å². The van der Waals surface area contributed by atoms with E-state index in [4.69, 9.17) is 5.73 Å². The van der Waals surface area contributed by atoms with Crippen LogP contribution in [0.1, 0.15) is 47.5 Å². The average Bonchev–Trinajstić information content (AvgIpc) is 2.34. The molecule has 0 aliphatic rings. The van der Waals surface area contributed by atoms with Crippen molar-refractivity contribution >= 4 is 17.6 Å². The summed E-state index contributed by atoms with van der Waals surface area (Å²) in [6.07, 6.45) is 1.06. The van der Waals surface area contributed by atoms with E-state index in [1.807, 2.05) is 27.7 Å². The SMILES string of the molecule is CC(=O)N[C@@H](CC(C)C)C(=O)N[C@@H](CC(C)C)C(=O)CN. The van der Waals surface area contributed by atoms with Gasteiger partial charge in [0.25, 0.3) is 0 Å². The molecule has 2 amide bonds. The Morgan fingerprint density at radius 2 is 1.38 bits per heavy atom. The molecule has 0 aromatic rings. The first-order chi connectivity index (χ1) is 9.67. The molecular formula is C15H29N3O3. The quantitative estimate of drug-likeness (QED) is 0.580. The van der Waals surface area contributed by atoms with Crippen LogP contribution in [0.4, 0.5) is 0 Å². The van der Waals surface area contributed by atoms with Gasteiger partial charge in [0, 0.05) is 6.92 Å². The maximum atomic E-state index is 12.3. The lowest BCUT2D eigenvalue weighted by Gasteiger charge is -2.24. The maximum absolute atomic E-state index is 12.3. The van der Waals surface area contributed by atoms with Crippen LogP contribution < -0.4 is 16.4 Å². The van der Waals surface area contributed by atoms with Gasteiger partial charge in [0.2, 0.25) is 11.8 Å². The van der Waals surface area contributed by atoms with E-state index < -0.39 is 12.1 Å². The molecule has 0 aliphatic carbocycles. The van der Waals surface area contributed by atoms with Crippen LogP contribution in [-0.4, -0.2) is 36.2 Å². The molecule has 0 heterocycles. The zero-order chi connectivity index (χ0) is 16.6. The van der Waals surface area contributed by atoms with Gasteiger partial charge < -0.3 is 16.4 Å². The highest BCUT2D eigenvalue weighted by atomic mass is 16.2. The molecule has 21 heavy (non-hydrogen) atoms. The molecule has 0 aliphatic heterocycles. The number of nitrogens with two attached hydrogens (primary N) is 1. The molecule has 0 aromatic carbocycles. The molecular weight excluding hydrogens is 270 g/mol. The third-order valence-corrected chi connectivity index (χ3v) is 3.01. The van der Waals surface area contributed by atoms with E-state index in [1.54, 1.807) is 0 Å². The van der Waals surface area contributed by atoms with E-state index in [-0.39, 0.29) is 36.0 Å². The normalized spacial score (nSPS) is 13.9. The lowest BCUT2D eigenvalue weighted by molar-refractivity contribution is -0.131. The van der Waals surface area contributed by atoms with Crippen molar-refractivity contribution in [3.05, 3.63) is 0 Å². The second kappa shape index (κ2) is 9.50. The molecule has 0 fully saturated rings. The van der Waals surface area contributed by atoms with Gasteiger partial charge in [-0.1, -0.05) is 27.7 Å². The summed E-state index contributed by atoms with van der Waals surface area (Å²) in [4.78, 5) is 35.3. The van der Waals surface area contributed by atoms with E-state index in [9.17, 15) is 14.4 Å². The third-order valence-electron chi connectivity index (χ3n) is 3.01. The Bertz CT molecular complexity index is 367. The fourth-order valence-electron chi connectivity index (χ4n) is 2.11. The zero-order valence-electron chi connectivity index (χ0n) is 13.7. The van der Waals surface area contributed by atoms with Crippen molar-refractivity contribution in [2.24, 2.45) is 17.6 Å². The van der Waals surface area contributed by atoms with Gasteiger partial charge in [-0.3, -0.25) is 14.4 Å². The molecule has 0 saturated carbocycles. The number of ketones is 1. The summed E-state index contributed by atoms with van der Waals surface area (Å²) in [7, 11) is 0. The Morgan fingerprint density at radius 1 is 0.905 bits per heavy atom. The molecule has 6 heteroatoms. The fraction of sp³-hybridized carbons (Fsp3) is 0.800. The van der Waals surface area contributed by atoms with Crippen molar-refractivity contribution in [1.82, 2.24) is 10.6 Å². The van der Waals surface area contributed by atoms with Gasteiger partial charge in [-0.05, 0) is 24.7 Å². The number of carbonyl (C=O) groups is 3. The molecule has 122 valence electrons. The first-order valence-corrected chi connectivity index (χ1v) is 7.47. The third kappa shape index (κ3) is 8.45. The highest BCUT2D eigenvalue weighted by Gasteiger charge is 2.26. The molecule has 6 nitrogen and oxygen atoms in total. The highest BCUT2D eigenvalue weighted by molar-refractivity contribution is 5.93. The van der Waals surface area contributed by atoms with Crippen molar-refractivity contribution < 1.29 is 14.4 Å². The summed E-state index contributed by atoms with van der Waals surface area (Å²) >= 11 is 0. The van der Waals surface area contributed by atoms with Crippen LogP contribution in [-0.2, 0) is 14.4 Å². The molecule has 0 rings (SSSR count). The molecule has 0 bridgehead atoms. The van der Waals surface area contributed by atoms with E-state index in [1.165, 1.54) is 6.92 Å². The summed E-state index contributed by atoms with van der Waals surface area (Å²) in [6, 6.07) is -1.21. The van der Waals surface area contributed by atoms with Crippen LogP contribution in [0.25, 0.3) is 0 Å². The first kappa shape index (κ1) is 19.6. The van der Waals surface area contributed by atoms with Gasteiger partial charge >= 0.3 is 0 Å². The number of amides is 2. The molecule has 0 radical (unpaired) electrons. The Hall–Kier alpha value is -1.43. The standard InChI is InChI=1S/C15H29N3O3/c1-9(2)6-12(14(20)8-16)18-15(21)13(7-10(3)4)17-11(5)19/h9-10,12-13H,6-8,16H2,1-5H3,(H,17,19)(H,18,21)/t12-,13-/m0/s1. The lowest BCUT2D eigenvalue weighted by Crippen LogP contribution is -2.52. The first-order valence-electron chi connectivity index (χ1n) is 7.47. The Balaban J connectivity index is 4.87. The van der Waals surface area contributed by atoms with E-state index in [0.717, 1.165) is 0 Å². The van der Waals surface area contributed by atoms with Crippen molar-refractivity contribution in [2.45, 2.75) is 59.5 Å². The van der Waals surface area contributed by atoms with Crippen molar-refractivity contribution in [2.75, 3.05) is 6.54 Å². The minimum absolute atomic E-state index is 0.105. The Labute approximate surface area is 127 Å². The number of rotatable bonds is 9. The fourth-order valence-corrected chi connectivity index (χ4v) is 2.11. The smallest absolute Gasteiger partial charge is 0.243 e. The van der Waals surface area contributed by atoms with E-state index >= 15 is 0 Å². The van der Waals surface area contributed by atoms with Gasteiger partial charge in [0.1, 0.15) is 6.04 Å². The number of hydrogen-bond acceptors (Lipinski definition) is 4. The summed E-state index contributed by atoms with van der Waals surface area (Å²) in [5.41, 5.74) is 5.39. The topological polar surface area (TPSA) is 101 Å². The Morgan fingerprint density at radius 3 is 1.76 bits per heavy atom. The van der Waals surface area contributed by atoms with Crippen LogP contribution in [0.5, 0.6) is 0 Å². The van der Waals surface area contributed by atoms with E-state index in [0.29, 0.717) is 12.8 Å². The molecule has 2 atom stereocenters. The lowest BCUT2D eigenvalue weighted by atomic mass is 9.98. The Kier molecular flexibility index (Phi) is 8.85. The average molecular weight is 299 g/mol. The van der Waals surface area contributed by atoms with E-state index in [2.05, 4.69) is 10.6 Å². The molecule has 0 saturated heterocycles. The molecule has 0 spiro atoms. The van der Waals surface area contributed by atoms with Gasteiger partial charge in [-0.15, -0.1) is 0 Å². The molecule has 4 N–H and O–H groups in total. The van der Waals surface area contributed by atoms with Crippen molar-refractivity contribution in [3.8, 4) is 0 Å². The summed E-state index contributed by atoms with van der Waals surface area (Å²) in [6.45, 7) is 9.16. The predicted molar refractivity (Wildman–Crippen MR) is 82.5 cm³/mol. The number of nitrogens with one attached hydrogen (secondary N) is 2. The van der Waals surface area contributed by atoms with Gasteiger partial charge in [-0.25, -0.2) is 0 Å². The molecule has 0 unspecified atom stereocenters. The van der Waals surface area contributed by atoms with Crippen LogP contribution in [0.15, 0.2) is 0 Å². The molecule has 0 aromatic heterocycles. The van der Waals surface area contributed by atoms with Crippen LogP contribution in [0, 0.1) is 11.8 Å². The summed E-state index contributed by atoms with van der Waals surface area (Å²) < 4.78 is 0. The largest absolute Gasteiger partial charge is 0.345 e. The minimum Gasteiger partial charge on any atom is -0.345 e. The highest BCUT2D eigenvalue weighted by Crippen LogP contribution is 2.09. The monoisotopic (exact) mass is 299 g/mol. The maximum Gasteiger partial charge on any atom is 0.243 e. The predicted octanol–water partition coefficient (Wildman–Crippen LogP) is 0.596. The second-order valence-electron chi connectivity index (χ2n) is 6.24. The van der Waals surface area contributed by atoms with Gasteiger partial charge in [0.05, 0.1) is 12.6 Å². The second-order valence-corrected chi connectivity index (χ2v) is 6.24. The van der Waals surface area contributed by atoms with Crippen molar-refractivity contribution in [3.63, 3.8) is 0 Å². The van der Waals surface area contributed by atoms with Gasteiger partial charge in [-0.2, -0.15) is 0 Å². The summed E-state index contributed by atoms with van der Waals surface area (Å²) in [5.74, 6) is -0.271. The number of hydrogen-bond donors (Lipinski definition) is 3.